The second kappa shape index (κ2) is 15.5. The van der Waals surface area contributed by atoms with Gasteiger partial charge in [0.2, 0.25) is 12.2 Å². The van der Waals surface area contributed by atoms with Crippen molar-refractivity contribution in [1.82, 2.24) is 14.7 Å². The van der Waals surface area contributed by atoms with Gasteiger partial charge in [0.1, 0.15) is 0 Å². The number of amides is 1. The summed E-state index contributed by atoms with van der Waals surface area (Å²) in [4.78, 5) is 40.0. The summed E-state index contributed by atoms with van der Waals surface area (Å²) >= 11 is 0. The molecule has 36 heavy (non-hydrogen) atoms. The van der Waals surface area contributed by atoms with Crippen LogP contribution >= 0.6 is 0 Å². The normalized spacial score (nSPS) is 19.0. The lowest BCUT2D eigenvalue weighted by Gasteiger charge is -2.39. The molecule has 2 fully saturated rings. The van der Waals surface area contributed by atoms with Crippen molar-refractivity contribution in [1.29, 1.82) is 0 Å². The molecule has 0 radical (unpaired) electrons. The summed E-state index contributed by atoms with van der Waals surface area (Å²) in [5.41, 5.74) is 1.36. The summed E-state index contributed by atoms with van der Waals surface area (Å²) in [6.45, 7) is 11.9. The maximum atomic E-state index is 11.7. The average molecular weight is 517 g/mol. The molecule has 0 spiro atoms. The van der Waals surface area contributed by atoms with Gasteiger partial charge in [-0.3, -0.25) is 9.59 Å². The number of halogens is 3. The van der Waals surface area contributed by atoms with Crippen molar-refractivity contribution in [3.63, 3.8) is 0 Å². The zero-order valence-electron chi connectivity index (χ0n) is 21.8. The van der Waals surface area contributed by atoms with Crippen LogP contribution in [0.2, 0.25) is 0 Å². The van der Waals surface area contributed by atoms with Gasteiger partial charge in [-0.05, 0) is 33.2 Å². The summed E-state index contributed by atoms with van der Waals surface area (Å²) in [5, 5.41) is 0. The van der Waals surface area contributed by atoms with E-state index in [9.17, 15) is 27.6 Å². The number of piperazine rings is 2. The van der Waals surface area contributed by atoms with Gasteiger partial charge in [0.05, 0.1) is 0 Å². The lowest BCUT2D eigenvalue weighted by atomic mass is 10.1. The number of anilines is 1. The van der Waals surface area contributed by atoms with Gasteiger partial charge in [-0.25, -0.2) is 4.79 Å². The van der Waals surface area contributed by atoms with Gasteiger partial charge >= 0.3 is 12.1 Å². The third-order valence-electron chi connectivity index (χ3n) is 5.71. The van der Waals surface area contributed by atoms with Crippen LogP contribution < -0.4 is 4.90 Å². The molecule has 2 heterocycles. The third kappa shape index (κ3) is 12.3. The van der Waals surface area contributed by atoms with E-state index >= 15 is 0 Å². The lowest BCUT2D eigenvalue weighted by Crippen LogP contribution is -2.53. The highest BCUT2D eigenvalue weighted by atomic mass is 19.4. The van der Waals surface area contributed by atoms with E-state index < -0.39 is 18.8 Å². The number of rotatable bonds is 4. The molecule has 1 atom stereocenters. The van der Waals surface area contributed by atoms with Gasteiger partial charge < -0.3 is 24.3 Å². The predicted molar refractivity (Wildman–Crippen MR) is 133 cm³/mol. The Hall–Kier alpha value is -2.66. The van der Waals surface area contributed by atoms with Crippen LogP contribution in [-0.4, -0.2) is 112 Å². The van der Waals surface area contributed by atoms with Gasteiger partial charge in [0, 0.05) is 63.5 Å². The van der Waals surface area contributed by atoms with Crippen molar-refractivity contribution in [2.24, 2.45) is 5.92 Å². The van der Waals surface area contributed by atoms with E-state index in [1.54, 1.807) is 0 Å². The van der Waals surface area contributed by atoms with Crippen molar-refractivity contribution in [2.75, 3.05) is 71.4 Å². The molecule has 0 saturated carbocycles. The smallest absolute Gasteiger partial charge is 0.422 e. The van der Waals surface area contributed by atoms with E-state index in [1.165, 1.54) is 18.8 Å². The van der Waals surface area contributed by atoms with E-state index in [2.05, 4.69) is 70.8 Å². The quantitative estimate of drug-likeness (QED) is 0.346. The SMILES string of the molecule is CC(C)C(=O)N1CCN(C)CC1C.CN1CCN(c2ccccc2)CC1.O=CC(=O)OCC(F)(F)F. The highest BCUT2D eigenvalue weighted by Crippen LogP contribution is 2.15. The topological polar surface area (TPSA) is 73.4 Å². The van der Waals surface area contributed by atoms with E-state index in [-0.39, 0.29) is 12.2 Å². The minimum Gasteiger partial charge on any atom is -0.451 e. The van der Waals surface area contributed by atoms with E-state index in [0.29, 0.717) is 11.9 Å². The minimum absolute atomic E-state index is 0.130. The number of para-hydroxylation sites is 1. The number of carbonyl (C=O) groups excluding carboxylic acids is 3. The Kier molecular flexibility index (Phi) is 13.5. The molecule has 1 aromatic carbocycles. The molecular formula is C25H39F3N4O4. The largest absolute Gasteiger partial charge is 0.451 e. The molecule has 2 aliphatic rings. The number of nitrogens with zero attached hydrogens (tertiary/aromatic N) is 4. The van der Waals surface area contributed by atoms with Crippen molar-refractivity contribution in [3.8, 4) is 0 Å². The van der Waals surface area contributed by atoms with Crippen LogP contribution in [0.5, 0.6) is 0 Å². The number of likely N-dealkylation sites (N-methyl/N-ethyl adjacent to an activating group) is 2. The van der Waals surface area contributed by atoms with Crippen LogP contribution in [0.3, 0.4) is 0 Å². The van der Waals surface area contributed by atoms with Crippen LogP contribution in [0.1, 0.15) is 20.8 Å². The third-order valence-corrected chi connectivity index (χ3v) is 5.71. The molecule has 0 N–H and O–H groups in total. The molecule has 8 nitrogen and oxygen atoms in total. The Morgan fingerprint density at radius 2 is 1.56 bits per heavy atom. The second-order valence-corrected chi connectivity index (χ2v) is 9.26. The molecular weight excluding hydrogens is 477 g/mol. The maximum Gasteiger partial charge on any atom is 0.422 e. The van der Waals surface area contributed by atoms with Crippen LogP contribution in [0, 0.1) is 5.92 Å². The van der Waals surface area contributed by atoms with Crippen LogP contribution in [0.15, 0.2) is 30.3 Å². The minimum atomic E-state index is -4.57. The first-order valence-corrected chi connectivity index (χ1v) is 12.0. The molecule has 2 aliphatic heterocycles. The molecule has 1 amide bonds. The fraction of sp³-hybridized carbons (Fsp3) is 0.640. The van der Waals surface area contributed by atoms with Gasteiger partial charge in [-0.1, -0.05) is 32.0 Å². The Bertz CT molecular complexity index is 800. The number of hydrogen-bond donors (Lipinski definition) is 0. The standard InChI is InChI=1S/C11H16N2.C10H20N2O.C4H3F3O3/c1-12-7-9-13(10-8-12)11-5-3-2-4-6-11;1-8(2)10(13)12-6-5-11(4)7-9(12)3;5-4(6,7)2-10-3(9)1-8/h2-6H,7-10H2,1H3;8-9H,5-7H2,1-4H3;1H,2H2. The molecule has 1 unspecified atom stereocenters. The molecule has 0 aliphatic carbocycles. The van der Waals surface area contributed by atoms with Gasteiger partial charge in [0.15, 0.2) is 6.61 Å². The summed E-state index contributed by atoms with van der Waals surface area (Å²) in [6.07, 6.45) is -4.90. The van der Waals surface area contributed by atoms with Gasteiger partial charge in [0.25, 0.3) is 0 Å². The van der Waals surface area contributed by atoms with Crippen molar-refractivity contribution in [2.45, 2.75) is 33.0 Å². The number of aldehydes is 1. The average Bonchev–Trinajstić information content (AvgIpc) is 2.83. The van der Waals surface area contributed by atoms with Crippen molar-refractivity contribution >= 4 is 23.9 Å². The summed E-state index contributed by atoms with van der Waals surface area (Å²) in [7, 11) is 4.29. The van der Waals surface area contributed by atoms with Gasteiger partial charge in [-0.15, -0.1) is 0 Å². The highest BCUT2D eigenvalue weighted by molar-refractivity contribution is 6.20. The molecule has 3 rings (SSSR count). The lowest BCUT2D eigenvalue weighted by molar-refractivity contribution is -0.185. The first-order valence-electron chi connectivity index (χ1n) is 12.0. The fourth-order valence-corrected chi connectivity index (χ4v) is 3.69. The highest BCUT2D eigenvalue weighted by Gasteiger charge is 2.29. The summed E-state index contributed by atoms with van der Waals surface area (Å²) < 4.78 is 36.9. The predicted octanol–water partition coefficient (Wildman–Crippen LogP) is 2.53. The Morgan fingerprint density at radius 3 is 2.03 bits per heavy atom. The number of benzene rings is 1. The molecule has 0 bridgehead atoms. The molecule has 11 heteroatoms. The molecule has 1 aromatic rings. The monoisotopic (exact) mass is 516 g/mol. The fourth-order valence-electron chi connectivity index (χ4n) is 3.69. The number of ether oxygens (including phenoxy) is 1. The van der Waals surface area contributed by atoms with Crippen LogP contribution in [0.25, 0.3) is 0 Å². The van der Waals surface area contributed by atoms with Gasteiger partial charge in [-0.2, -0.15) is 13.2 Å². The van der Waals surface area contributed by atoms with Crippen LogP contribution in [0.4, 0.5) is 18.9 Å². The van der Waals surface area contributed by atoms with E-state index in [0.717, 1.165) is 32.7 Å². The first kappa shape index (κ1) is 31.4. The molecule has 204 valence electrons. The Morgan fingerprint density at radius 1 is 1.00 bits per heavy atom. The number of carbonyl (C=O) groups is 3. The Balaban J connectivity index is 0.000000274. The van der Waals surface area contributed by atoms with Crippen molar-refractivity contribution < 1.29 is 32.3 Å². The second-order valence-electron chi connectivity index (χ2n) is 9.26. The zero-order valence-corrected chi connectivity index (χ0v) is 21.8. The maximum absolute atomic E-state index is 11.7. The van der Waals surface area contributed by atoms with E-state index in [4.69, 9.17) is 0 Å². The van der Waals surface area contributed by atoms with E-state index in [1.807, 2.05) is 18.7 Å². The first-order chi connectivity index (χ1) is 16.8. The van der Waals surface area contributed by atoms with Crippen molar-refractivity contribution in [3.05, 3.63) is 30.3 Å². The van der Waals surface area contributed by atoms with Crippen LogP contribution in [-0.2, 0) is 19.1 Å². The molecule has 0 aromatic heterocycles. The number of alkyl halides is 3. The summed E-state index contributed by atoms with van der Waals surface area (Å²) in [5.74, 6) is -1.09. The zero-order chi connectivity index (χ0) is 27.3. The Labute approximate surface area is 211 Å². The summed E-state index contributed by atoms with van der Waals surface area (Å²) in [6, 6.07) is 11.0. The number of hydrogen-bond acceptors (Lipinski definition) is 7. The number of esters is 1. The molecule has 2 saturated heterocycles.